The molecule has 0 saturated heterocycles. The Morgan fingerprint density at radius 1 is 1.44 bits per heavy atom. The Bertz CT molecular complexity index is 410. The third kappa shape index (κ3) is 3.79. The zero-order valence-corrected chi connectivity index (χ0v) is 8.73. The summed E-state index contributed by atoms with van der Waals surface area (Å²) in [4.78, 5) is 16.0. The number of oxime groups is 1. The minimum atomic E-state index is -0.473. The van der Waals surface area contributed by atoms with Crippen LogP contribution in [0, 0.1) is 5.41 Å². The van der Waals surface area contributed by atoms with Crippen LogP contribution in [-0.4, -0.2) is 17.8 Å². The molecule has 0 radical (unpaired) electrons. The molecule has 0 aliphatic rings. The summed E-state index contributed by atoms with van der Waals surface area (Å²) in [5.41, 5.74) is 5.63. The smallest absolute Gasteiger partial charge is 0.319 e. The van der Waals surface area contributed by atoms with Crippen molar-refractivity contribution >= 4 is 17.8 Å². The molecule has 1 aromatic rings. The van der Waals surface area contributed by atoms with Gasteiger partial charge in [0.05, 0.1) is 0 Å². The molecule has 1 rings (SSSR count). The summed E-state index contributed by atoms with van der Waals surface area (Å²) in [6.07, 6.45) is 0. The Kier molecular flexibility index (Phi) is 4.02. The van der Waals surface area contributed by atoms with E-state index >= 15 is 0 Å². The van der Waals surface area contributed by atoms with Crippen molar-refractivity contribution in [2.45, 2.75) is 6.92 Å². The number of hydrogen-bond acceptors (Lipinski definition) is 4. The van der Waals surface area contributed by atoms with Crippen LogP contribution in [0.4, 0.5) is 0 Å². The fourth-order valence-corrected chi connectivity index (χ4v) is 0.905. The van der Waals surface area contributed by atoms with Crippen molar-refractivity contribution in [2.75, 3.05) is 0 Å². The standard InChI is InChI=1S/C10H12N4O2/c1-7(11)14-16-10(12)13-9(15)8-5-3-2-4-6-8/h2-6H,1H3,(H2,11,14)(H2,12,13,15). The lowest BCUT2D eigenvalue weighted by Gasteiger charge is -2.03. The molecule has 0 aromatic heterocycles. The molecular formula is C10H12N4O2. The molecule has 0 fully saturated rings. The van der Waals surface area contributed by atoms with Gasteiger partial charge in [-0.3, -0.25) is 10.1 Å². The number of nitrogens with zero attached hydrogens (tertiary/aromatic N) is 1. The first-order valence-corrected chi connectivity index (χ1v) is 4.51. The van der Waals surface area contributed by atoms with Crippen molar-refractivity contribution in [3.63, 3.8) is 0 Å². The van der Waals surface area contributed by atoms with Crippen LogP contribution in [0.3, 0.4) is 0 Å². The van der Waals surface area contributed by atoms with Gasteiger partial charge in [0, 0.05) is 5.56 Å². The Balaban J connectivity index is 2.53. The van der Waals surface area contributed by atoms with Gasteiger partial charge in [0.15, 0.2) is 0 Å². The Hall–Kier alpha value is -2.37. The predicted molar refractivity (Wildman–Crippen MR) is 60.0 cm³/mol. The number of hydrogen-bond donors (Lipinski definition) is 3. The van der Waals surface area contributed by atoms with Crippen molar-refractivity contribution in [1.29, 1.82) is 5.41 Å². The van der Waals surface area contributed by atoms with Crippen molar-refractivity contribution in [3.8, 4) is 0 Å². The average Bonchev–Trinajstić information content (AvgIpc) is 2.27. The summed E-state index contributed by atoms with van der Waals surface area (Å²) in [5, 5.41) is 12.8. The first-order valence-electron chi connectivity index (χ1n) is 4.51. The number of carbonyl (C=O) groups is 1. The number of amidine groups is 2. The number of rotatable bonds is 2. The van der Waals surface area contributed by atoms with E-state index in [2.05, 4.69) is 15.3 Å². The number of nitrogens with two attached hydrogens (primary N) is 1. The maximum atomic E-state index is 11.5. The molecule has 6 nitrogen and oxygen atoms in total. The highest BCUT2D eigenvalue weighted by Gasteiger charge is 2.07. The van der Waals surface area contributed by atoms with Gasteiger partial charge in [-0.2, -0.15) is 0 Å². The third-order valence-electron chi connectivity index (χ3n) is 1.54. The maximum Gasteiger partial charge on any atom is 0.319 e. The second kappa shape index (κ2) is 5.50. The van der Waals surface area contributed by atoms with E-state index in [-0.39, 0.29) is 5.84 Å². The third-order valence-corrected chi connectivity index (χ3v) is 1.54. The van der Waals surface area contributed by atoms with Crippen molar-refractivity contribution in [3.05, 3.63) is 35.9 Å². The fourth-order valence-electron chi connectivity index (χ4n) is 0.905. The van der Waals surface area contributed by atoms with Gasteiger partial charge in [0.25, 0.3) is 5.91 Å². The van der Waals surface area contributed by atoms with Crippen LogP contribution in [0.15, 0.2) is 35.5 Å². The van der Waals surface area contributed by atoms with Crippen molar-refractivity contribution in [1.82, 2.24) is 5.32 Å². The molecule has 84 valence electrons. The first kappa shape index (κ1) is 11.7. The van der Waals surface area contributed by atoms with E-state index in [4.69, 9.17) is 11.1 Å². The van der Waals surface area contributed by atoms with Gasteiger partial charge < -0.3 is 10.6 Å². The second-order valence-electron chi connectivity index (χ2n) is 2.97. The molecule has 1 aromatic carbocycles. The second-order valence-corrected chi connectivity index (χ2v) is 2.97. The lowest BCUT2D eigenvalue weighted by atomic mass is 10.2. The molecule has 1 amide bonds. The maximum absolute atomic E-state index is 11.5. The van der Waals surface area contributed by atoms with Gasteiger partial charge in [0.1, 0.15) is 5.84 Å². The monoisotopic (exact) mass is 220 g/mol. The van der Waals surface area contributed by atoms with Crippen LogP contribution in [-0.2, 0) is 4.84 Å². The molecule has 0 atom stereocenters. The summed E-state index contributed by atoms with van der Waals surface area (Å²) < 4.78 is 0. The minimum Gasteiger partial charge on any atom is -0.385 e. The number of nitrogens with one attached hydrogen (secondary N) is 2. The van der Waals surface area contributed by atoms with E-state index in [1.165, 1.54) is 6.92 Å². The number of benzene rings is 1. The summed E-state index contributed by atoms with van der Waals surface area (Å²) in [6.45, 7) is 1.51. The molecule has 0 spiro atoms. The highest BCUT2D eigenvalue weighted by molar-refractivity contribution is 6.03. The lowest BCUT2D eigenvalue weighted by Crippen LogP contribution is -2.31. The molecule has 0 bridgehead atoms. The SMILES string of the molecule is C/C(N)=N/OC(=N)NC(=O)c1ccccc1. The van der Waals surface area contributed by atoms with Crippen LogP contribution < -0.4 is 11.1 Å². The predicted octanol–water partition coefficient (Wildman–Crippen LogP) is 0.660. The van der Waals surface area contributed by atoms with Gasteiger partial charge in [-0.1, -0.05) is 23.4 Å². The molecule has 0 unspecified atom stereocenters. The molecule has 6 heteroatoms. The largest absolute Gasteiger partial charge is 0.385 e. The van der Waals surface area contributed by atoms with Crippen LogP contribution in [0.5, 0.6) is 0 Å². The highest BCUT2D eigenvalue weighted by atomic mass is 16.6. The summed E-state index contributed by atoms with van der Waals surface area (Å²) in [7, 11) is 0. The van der Waals surface area contributed by atoms with Crippen LogP contribution in [0.1, 0.15) is 17.3 Å². The summed E-state index contributed by atoms with van der Waals surface area (Å²) in [5.74, 6) is -0.269. The van der Waals surface area contributed by atoms with E-state index < -0.39 is 11.9 Å². The van der Waals surface area contributed by atoms with E-state index in [9.17, 15) is 4.79 Å². The van der Waals surface area contributed by atoms with E-state index in [1.807, 2.05) is 0 Å². The fraction of sp³-hybridized carbons (Fsp3) is 0.100. The number of amides is 1. The van der Waals surface area contributed by atoms with E-state index in [0.29, 0.717) is 5.56 Å². The van der Waals surface area contributed by atoms with E-state index in [0.717, 1.165) is 0 Å². The van der Waals surface area contributed by atoms with Gasteiger partial charge >= 0.3 is 6.02 Å². The Morgan fingerprint density at radius 3 is 2.62 bits per heavy atom. The molecule has 4 N–H and O–H groups in total. The van der Waals surface area contributed by atoms with Gasteiger partial charge in [0.2, 0.25) is 0 Å². The van der Waals surface area contributed by atoms with Crippen molar-refractivity contribution in [2.24, 2.45) is 10.9 Å². The minimum absolute atomic E-state index is 0.165. The highest BCUT2D eigenvalue weighted by Crippen LogP contribution is 1.97. The van der Waals surface area contributed by atoms with Crippen LogP contribution in [0.25, 0.3) is 0 Å². The van der Waals surface area contributed by atoms with Gasteiger partial charge in [-0.25, -0.2) is 5.41 Å². The molecular weight excluding hydrogens is 208 g/mol. The molecule has 0 saturated carbocycles. The average molecular weight is 220 g/mol. The Labute approximate surface area is 92.6 Å². The molecule has 0 aliphatic heterocycles. The Morgan fingerprint density at radius 2 is 2.06 bits per heavy atom. The molecule has 16 heavy (non-hydrogen) atoms. The molecule has 0 heterocycles. The normalized spacial score (nSPS) is 10.7. The van der Waals surface area contributed by atoms with Gasteiger partial charge in [-0.15, -0.1) is 0 Å². The number of carbonyl (C=O) groups excluding carboxylic acids is 1. The van der Waals surface area contributed by atoms with Gasteiger partial charge in [-0.05, 0) is 19.1 Å². The zero-order valence-electron chi connectivity index (χ0n) is 8.73. The summed E-state index contributed by atoms with van der Waals surface area (Å²) >= 11 is 0. The molecule has 0 aliphatic carbocycles. The van der Waals surface area contributed by atoms with Crippen LogP contribution in [0.2, 0.25) is 0 Å². The lowest BCUT2D eigenvalue weighted by molar-refractivity contribution is 0.0965. The van der Waals surface area contributed by atoms with Crippen molar-refractivity contribution < 1.29 is 9.63 Å². The quantitative estimate of drug-likeness (QED) is 0.387. The summed E-state index contributed by atoms with van der Waals surface area (Å²) in [6, 6.07) is 8.02. The topological polar surface area (TPSA) is 101 Å². The zero-order chi connectivity index (χ0) is 12.0. The van der Waals surface area contributed by atoms with E-state index in [1.54, 1.807) is 30.3 Å². The van der Waals surface area contributed by atoms with Crippen LogP contribution >= 0.6 is 0 Å². The first-order chi connectivity index (χ1) is 7.59.